The molecule has 1 aromatic rings. The van der Waals surface area contributed by atoms with E-state index in [0.29, 0.717) is 13.2 Å². The van der Waals surface area contributed by atoms with E-state index in [1.807, 2.05) is 19.1 Å². The molecule has 0 bridgehead atoms. The average molecular weight is 294 g/mol. The fourth-order valence-electron chi connectivity index (χ4n) is 2.87. The van der Waals surface area contributed by atoms with Gasteiger partial charge in [-0.05, 0) is 44.0 Å². The highest BCUT2D eigenvalue weighted by Gasteiger charge is 2.27. The van der Waals surface area contributed by atoms with Crippen molar-refractivity contribution in [2.75, 3.05) is 26.8 Å². The highest BCUT2D eigenvalue weighted by molar-refractivity contribution is 5.78. The zero-order chi connectivity index (χ0) is 15.2. The summed E-state index contributed by atoms with van der Waals surface area (Å²) in [7, 11) is 1.62. The molecule has 0 aliphatic carbocycles. The van der Waals surface area contributed by atoms with Crippen molar-refractivity contribution in [3.8, 4) is 0 Å². The van der Waals surface area contributed by atoms with Crippen molar-refractivity contribution in [1.82, 2.24) is 10.2 Å². The number of nitrogens with one attached hydrogen (secondary N) is 1. The first kappa shape index (κ1) is 15.9. The zero-order valence-electron chi connectivity index (χ0n) is 12.6. The van der Waals surface area contributed by atoms with Crippen molar-refractivity contribution in [1.29, 1.82) is 0 Å². The highest BCUT2D eigenvalue weighted by atomic mass is 19.1. The normalized spacial score (nSPS) is 20.4. The summed E-state index contributed by atoms with van der Waals surface area (Å²) in [6, 6.07) is 6.79. The summed E-state index contributed by atoms with van der Waals surface area (Å²) in [6.07, 6.45) is 2.06. The molecule has 0 radical (unpaired) electrons. The highest BCUT2D eigenvalue weighted by Crippen LogP contribution is 2.31. The van der Waals surface area contributed by atoms with Gasteiger partial charge < -0.3 is 10.1 Å². The topological polar surface area (TPSA) is 41.6 Å². The van der Waals surface area contributed by atoms with Crippen LogP contribution in [0.1, 0.15) is 31.4 Å². The summed E-state index contributed by atoms with van der Waals surface area (Å²) in [4.78, 5) is 14.2. The standard InChI is InChI=1S/C16H23FN2O2/c1-12(11-21-2)18-16(20)10-19-9-3-4-15(19)13-5-7-14(17)8-6-13/h5-8,12,15H,3-4,9-11H2,1-2H3,(H,18,20)/t12-,15+/m0/s1. The first-order valence-electron chi connectivity index (χ1n) is 7.38. The van der Waals surface area contributed by atoms with Crippen molar-refractivity contribution in [2.24, 2.45) is 0 Å². The van der Waals surface area contributed by atoms with E-state index in [1.54, 1.807) is 7.11 Å². The maximum absolute atomic E-state index is 13.0. The Kier molecular flexibility index (Phi) is 5.70. The van der Waals surface area contributed by atoms with Gasteiger partial charge in [0, 0.05) is 19.2 Å². The first-order chi connectivity index (χ1) is 10.1. The van der Waals surface area contributed by atoms with Crippen molar-refractivity contribution in [2.45, 2.75) is 31.8 Å². The van der Waals surface area contributed by atoms with Crippen LogP contribution in [0.15, 0.2) is 24.3 Å². The summed E-state index contributed by atoms with van der Waals surface area (Å²) in [6.45, 7) is 3.69. The lowest BCUT2D eigenvalue weighted by Gasteiger charge is -2.25. The molecule has 116 valence electrons. The van der Waals surface area contributed by atoms with Gasteiger partial charge in [-0.15, -0.1) is 0 Å². The minimum atomic E-state index is -0.227. The molecule has 1 saturated heterocycles. The Morgan fingerprint density at radius 2 is 2.19 bits per heavy atom. The molecule has 1 heterocycles. The Morgan fingerprint density at radius 3 is 2.86 bits per heavy atom. The quantitative estimate of drug-likeness (QED) is 0.874. The van der Waals surface area contributed by atoms with E-state index >= 15 is 0 Å². The van der Waals surface area contributed by atoms with E-state index in [9.17, 15) is 9.18 Å². The number of methoxy groups -OCH3 is 1. The molecule has 1 fully saturated rings. The van der Waals surface area contributed by atoms with Gasteiger partial charge in [0.2, 0.25) is 5.91 Å². The van der Waals surface area contributed by atoms with Crippen LogP contribution in [0.2, 0.25) is 0 Å². The maximum Gasteiger partial charge on any atom is 0.234 e. The molecule has 1 N–H and O–H groups in total. The van der Waals surface area contributed by atoms with Crippen molar-refractivity contribution in [3.05, 3.63) is 35.6 Å². The first-order valence-corrected chi connectivity index (χ1v) is 7.38. The van der Waals surface area contributed by atoms with Crippen LogP contribution in [0, 0.1) is 5.82 Å². The van der Waals surface area contributed by atoms with E-state index in [0.717, 1.165) is 24.9 Å². The number of ether oxygens (including phenoxy) is 1. The van der Waals surface area contributed by atoms with Gasteiger partial charge in [0.15, 0.2) is 0 Å². The largest absolute Gasteiger partial charge is 0.383 e. The van der Waals surface area contributed by atoms with Gasteiger partial charge in [-0.1, -0.05) is 12.1 Å². The third kappa shape index (κ3) is 4.51. The Hall–Kier alpha value is -1.46. The number of nitrogens with zero attached hydrogens (tertiary/aromatic N) is 1. The molecule has 0 aromatic heterocycles. The summed E-state index contributed by atoms with van der Waals surface area (Å²) in [5, 5.41) is 2.92. The van der Waals surface area contributed by atoms with Crippen LogP contribution < -0.4 is 5.32 Å². The maximum atomic E-state index is 13.0. The Labute approximate surface area is 125 Å². The number of halogens is 1. The number of amides is 1. The van der Waals surface area contributed by atoms with Gasteiger partial charge >= 0.3 is 0 Å². The number of likely N-dealkylation sites (tertiary alicyclic amines) is 1. The summed E-state index contributed by atoms with van der Waals surface area (Å²) < 4.78 is 18.0. The van der Waals surface area contributed by atoms with E-state index in [-0.39, 0.29) is 23.8 Å². The predicted molar refractivity (Wildman–Crippen MR) is 79.4 cm³/mol. The lowest BCUT2D eigenvalue weighted by atomic mass is 10.0. The van der Waals surface area contributed by atoms with Crippen LogP contribution in [-0.4, -0.2) is 43.7 Å². The van der Waals surface area contributed by atoms with Crippen LogP contribution >= 0.6 is 0 Å². The number of carbonyl (C=O) groups excluding carboxylic acids is 1. The van der Waals surface area contributed by atoms with E-state index in [2.05, 4.69) is 10.2 Å². The smallest absolute Gasteiger partial charge is 0.234 e. The molecule has 2 rings (SSSR count). The molecule has 0 saturated carbocycles. The Bertz CT molecular complexity index is 464. The van der Waals surface area contributed by atoms with Crippen molar-refractivity contribution < 1.29 is 13.9 Å². The number of benzene rings is 1. The van der Waals surface area contributed by atoms with Gasteiger partial charge in [-0.2, -0.15) is 0 Å². The molecule has 1 amide bonds. The van der Waals surface area contributed by atoms with E-state index in [1.165, 1.54) is 12.1 Å². The van der Waals surface area contributed by atoms with E-state index < -0.39 is 0 Å². The molecule has 2 atom stereocenters. The number of rotatable bonds is 6. The molecule has 1 aliphatic rings. The van der Waals surface area contributed by atoms with Gasteiger partial charge in [-0.3, -0.25) is 9.69 Å². The van der Waals surface area contributed by atoms with Gasteiger partial charge in [0.05, 0.1) is 13.2 Å². The molecule has 21 heavy (non-hydrogen) atoms. The van der Waals surface area contributed by atoms with Crippen LogP contribution in [0.3, 0.4) is 0 Å². The summed E-state index contributed by atoms with van der Waals surface area (Å²) in [5.41, 5.74) is 1.08. The number of hydrogen-bond donors (Lipinski definition) is 1. The summed E-state index contributed by atoms with van der Waals surface area (Å²) >= 11 is 0. The minimum absolute atomic E-state index is 0.00793. The average Bonchev–Trinajstić information content (AvgIpc) is 2.87. The second-order valence-electron chi connectivity index (χ2n) is 5.60. The lowest BCUT2D eigenvalue weighted by Crippen LogP contribution is -2.42. The van der Waals surface area contributed by atoms with Gasteiger partial charge in [-0.25, -0.2) is 4.39 Å². The molecule has 0 spiro atoms. The molecule has 4 nitrogen and oxygen atoms in total. The van der Waals surface area contributed by atoms with Crippen LogP contribution in [-0.2, 0) is 9.53 Å². The fraction of sp³-hybridized carbons (Fsp3) is 0.562. The molecular weight excluding hydrogens is 271 g/mol. The third-order valence-corrected chi connectivity index (χ3v) is 3.79. The second-order valence-corrected chi connectivity index (χ2v) is 5.60. The third-order valence-electron chi connectivity index (χ3n) is 3.79. The Balaban J connectivity index is 1.92. The zero-order valence-corrected chi connectivity index (χ0v) is 12.6. The molecule has 0 unspecified atom stereocenters. The Morgan fingerprint density at radius 1 is 1.48 bits per heavy atom. The van der Waals surface area contributed by atoms with Gasteiger partial charge in [0.25, 0.3) is 0 Å². The van der Waals surface area contributed by atoms with E-state index in [4.69, 9.17) is 4.74 Å². The van der Waals surface area contributed by atoms with Crippen molar-refractivity contribution in [3.63, 3.8) is 0 Å². The monoisotopic (exact) mass is 294 g/mol. The molecule has 5 heteroatoms. The van der Waals surface area contributed by atoms with Crippen LogP contribution in [0.4, 0.5) is 4.39 Å². The fourth-order valence-corrected chi connectivity index (χ4v) is 2.87. The predicted octanol–water partition coefficient (Wildman–Crippen LogP) is 2.11. The van der Waals surface area contributed by atoms with Crippen LogP contribution in [0.25, 0.3) is 0 Å². The number of carbonyl (C=O) groups is 1. The lowest BCUT2D eigenvalue weighted by molar-refractivity contribution is -0.123. The molecule has 1 aliphatic heterocycles. The minimum Gasteiger partial charge on any atom is -0.383 e. The van der Waals surface area contributed by atoms with Gasteiger partial charge in [0.1, 0.15) is 5.82 Å². The SMILES string of the molecule is COC[C@H](C)NC(=O)CN1CCC[C@@H]1c1ccc(F)cc1. The number of hydrogen-bond acceptors (Lipinski definition) is 3. The molecule has 1 aromatic carbocycles. The molecular formula is C16H23FN2O2. The van der Waals surface area contributed by atoms with Crippen molar-refractivity contribution >= 4 is 5.91 Å². The second kappa shape index (κ2) is 7.52. The summed E-state index contributed by atoms with van der Waals surface area (Å²) in [5.74, 6) is -0.219. The van der Waals surface area contributed by atoms with Crippen LogP contribution in [0.5, 0.6) is 0 Å².